The van der Waals surface area contributed by atoms with Crippen molar-refractivity contribution in [1.29, 1.82) is 0 Å². The lowest BCUT2D eigenvalue weighted by Gasteiger charge is -2.24. The highest BCUT2D eigenvalue weighted by Gasteiger charge is 2.29. The lowest BCUT2D eigenvalue weighted by atomic mass is 10.1. The highest BCUT2D eigenvalue weighted by Crippen LogP contribution is 2.31. The first-order valence-corrected chi connectivity index (χ1v) is 7.33. The fourth-order valence-corrected chi connectivity index (χ4v) is 2.32. The van der Waals surface area contributed by atoms with Gasteiger partial charge in [0.2, 0.25) is 0 Å². The van der Waals surface area contributed by atoms with Gasteiger partial charge in [-0.3, -0.25) is 0 Å². The summed E-state index contributed by atoms with van der Waals surface area (Å²) in [6, 6.07) is 5.15. The van der Waals surface area contributed by atoms with Crippen molar-refractivity contribution in [3.63, 3.8) is 0 Å². The Kier molecular flexibility index (Phi) is 5.16. The van der Waals surface area contributed by atoms with Gasteiger partial charge in [-0.05, 0) is 50.4 Å². The Balaban J connectivity index is 2.08. The van der Waals surface area contributed by atoms with Crippen molar-refractivity contribution < 1.29 is 5.11 Å². The number of aromatic nitrogens is 1. The van der Waals surface area contributed by atoms with Gasteiger partial charge in [0.1, 0.15) is 5.82 Å². The van der Waals surface area contributed by atoms with E-state index in [1.807, 2.05) is 6.20 Å². The molecule has 0 spiro atoms. The van der Waals surface area contributed by atoms with Crippen LogP contribution in [0.1, 0.15) is 44.7 Å². The molecule has 0 saturated heterocycles. The zero-order valence-corrected chi connectivity index (χ0v) is 12.0. The van der Waals surface area contributed by atoms with E-state index in [9.17, 15) is 5.11 Å². The molecule has 1 fully saturated rings. The number of rotatable bonds is 8. The molecule has 0 aliphatic heterocycles. The van der Waals surface area contributed by atoms with Crippen LogP contribution in [-0.2, 0) is 0 Å². The van der Waals surface area contributed by atoms with Crippen LogP contribution in [0.2, 0.25) is 0 Å². The highest BCUT2D eigenvalue weighted by atomic mass is 16.3. The largest absolute Gasteiger partial charge is 0.395 e. The number of anilines is 1. The molecule has 106 valence electrons. The lowest BCUT2D eigenvalue weighted by molar-refractivity contribution is 0.301. The molecule has 2 rings (SSSR count). The zero-order chi connectivity index (χ0) is 13.7. The summed E-state index contributed by atoms with van der Waals surface area (Å²) in [7, 11) is 0. The van der Waals surface area contributed by atoms with E-state index in [2.05, 4.69) is 41.2 Å². The predicted octanol–water partition coefficient (Wildman–Crippen LogP) is 2.10. The molecule has 4 nitrogen and oxygen atoms in total. The smallest absolute Gasteiger partial charge is 0.129 e. The van der Waals surface area contributed by atoms with Gasteiger partial charge in [-0.25, -0.2) is 4.98 Å². The number of aliphatic hydroxyl groups is 1. The van der Waals surface area contributed by atoms with E-state index in [0.717, 1.165) is 18.8 Å². The Morgan fingerprint density at radius 1 is 1.53 bits per heavy atom. The molecule has 1 aliphatic rings. The summed E-state index contributed by atoms with van der Waals surface area (Å²) in [6.07, 6.45) is 5.45. The molecule has 1 aromatic rings. The maximum Gasteiger partial charge on any atom is 0.129 e. The Morgan fingerprint density at radius 3 is 2.95 bits per heavy atom. The minimum atomic E-state index is 0.187. The topological polar surface area (TPSA) is 48.4 Å². The SMILES string of the molecule is CCCNC(C)c1ccnc(N(CCO)C2CC2)c1. The molecule has 1 atom stereocenters. The van der Waals surface area contributed by atoms with Crippen molar-refractivity contribution in [3.05, 3.63) is 23.9 Å². The molecular formula is C15H25N3O. The van der Waals surface area contributed by atoms with Crippen molar-refractivity contribution in [2.24, 2.45) is 0 Å². The third kappa shape index (κ3) is 3.91. The van der Waals surface area contributed by atoms with Gasteiger partial charge in [0, 0.05) is 24.8 Å². The van der Waals surface area contributed by atoms with Gasteiger partial charge >= 0.3 is 0 Å². The molecule has 0 aromatic carbocycles. The molecule has 0 bridgehead atoms. The van der Waals surface area contributed by atoms with Gasteiger partial charge < -0.3 is 15.3 Å². The Hall–Kier alpha value is -1.13. The van der Waals surface area contributed by atoms with E-state index in [1.54, 1.807) is 0 Å². The Bertz CT molecular complexity index is 393. The van der Waals surface area contributed by atoms with Crippen LogP contribution in [0.25, 0.3) is 0 Å². The number of nitrogens with zero attached hydrogens (tertiary/aromatic N) is 2. The quantitative estimate of drug-likeness (QED) is 0.754. The molecule has 1 heterocycles. The van der Waals surface area contributed by atoms with Gasteiger partial charge in [-0.15, -0.1) is 0 Å². The first kappa shape index (κ1) is 14.3. The standard InChI is InChI=1S/C15H25N3O/c1-3-7-16-12(2)13-6-8-17-15(11-13)18(9-10-19)14-4-5-14/h6,8,11-12,14,16,19H,3-5,7,9-10H2,1-2H3. The summed E-state index contributed by atoms with van der Waals surface area (Å²) in [6.45, 7) is 6.25. The molecule has 0 radical (unpaired) electrons. The van der Waals surface area contributed by atoms with Crippen LogP contribution >= 0.6 is 0 Å². The number of hydrogen-bond donors (Lipinski definition) is 2. The highest BCUT2D eigenvalue weighted by molar-refractivity contribution is 5.44. The van der Waals surface area contributed by atoms with Crippen LogP contribution in [0.5, 0.6) is 0 Å². The molecule has 2 N–H and O–H groups in total. The fourth-order valence-electron chi connectivity index (χ4n) is 2.32. The minimum Gasteiger partial charge on any atom is -0.395 e. The van der Waals surface area contributed by atoms with Crippen LogP contribution in [-0.4, -0.2) is 35.8 Å². The van der Waals surface area contributed by atoms with E-state index >= 15 is 0 Å². The van der Waals surface area contributed by atoms with Crippen molar-refractivity contribution in [2.45, 2.75) is 45.2 Å². The summed E-state index contributed by atoms with van der Waals surface area (Å²) >= 11 is 0. The molecule has 1 unspecified atom stereocenters. The summed E-state index contributed by atoms with van der Waals surface area (Å²) in [5.74, 6) is 0.999. The van der Waals surface area contributed by atoms with Gasteiger partial charge in [0.05, 0.1) is 6.61 Å². The fraction of sp³-hybridized carbons (Fsp3) is 0.667. The van der Waals surface area contributed by atoms with Crippen LogP contribution in [0, 0.1) is 0 Å². The predicted molar refractivity (Wildman–Crippen MR) is 78.4 cm³/mol. The summed E-state index contributed by atoms with van der Waals surface area (Å²) < 4.78 is 0. The number of hydrogen-bond acceptors (Lipinski definition) is 4. The zero-order valence-electron chi connectivity index (χ0n) is 12.0. The third-order valence-corrected chi connectivity index (χ3v) is 3.59. The second kappa shape index (κ2) is 6.87. The summed E-state index contributed by atoms with van der Waals surface area (Å²) in [4.78, 5) is 6.70. The maximum atomic E-state index is 9.19. The number of nitrogens with one attached hydrogen (secondary N) is 1. The second-order valence-electron chi connectivity index (χ2n) is 5.27. The maximum absolute atomic E-state index is 9.19. The summed E-state index contributed by atoms with van der Waals surface area (Å²) in [5.41, 5.74) is 1.27. The van der Waals surface area contributed by atoms with E-state index in [1.165, 1.54) is 18.4 Å². The lowest BCUT2D eigenvalue weighted by Crippen LogP contribution is -2.30. The van der Waals surface area contributed by atoms with E-state index in [0.29, 0.717) is 18.6 Å². The molecule has 1 aliphatic carbocycles. The Labute approximate surface area is 115 Å². The van der Waals surface area contributed by atoms with E-state index < -0.39 is 0 Å². The van der Waals surface area contributed by atoms with E-state index in [-0.39, 0.29) is 6.61 Å². The molecule has 1 saturated carbocycles. The molecular weight excluding hydrogens is 238 g/mol. The van der Waals surface area contributed by atoms with E-state index in [4.69, 9.17) is 0 Å². The number of aliphatic hydroxyl groups excluding tert-OH is 1. The van der Waals surface area contributed by atoms with Gasteiger partial charge in [0.15, 0.2) is 0 Å². The molecule has 1 aromatic heterocycles. The van der Waals surface area contributed by atoms with Crippen molar-refractivity contribution in [3.8, 4) is 0 Å². The number of pyridine rings is 1. The summed E-state index contributed by atoms with van der Waals surface area (Å²) in [5, 5.41) is 12.7. The molecule has 4 heteroatoms. The van der Waals surface area contributed by atoms with Crippen LogP contribution in [0.15, 0.2) is 18.3 Å². The minimum absolute atomic E-state index is 0.187. The first-order valence-electron chi connectivity index (χ1n) is 7.33. The normalized spacial score (nSPS) is 16.4. The average molecular weight is 263 g/mol. The second-order valence-corrected chi connectivity index (χ2v) is 5.27. The van der Waals surface area contributed by atoms with Gasteiger partial charge in [-0.1, -0.05) is 6.92 Å². The third-order valence-electron chi connectivity index (χ3n) is 3.59. The van der Waals surface area contributed by atoms with Crippen molar-refractivity contribution >= 4 is 5.82 Å². The molecule has 0 amide bonds. The van der Waals surface area contributed by atoms with Gasteiger partial charge in [0.25, 0.3) is 0 Å². The average Bonchev–Trinajstić information content (AvgIpc) is 3.26. The van der Waals surface area contributed by atoms with Crippen molar-refractivity contribution in [2.75, 3.05) is 24.6 Å². The molecule has 19 heavy (non-hydrogen) atoms. The van der Waals surface area contributed by atoms with Gasteiger partial charge in [-0.2, -0.15) is 0 Å². The Morgan fingerprint density at radius 2 is 2.32 bits per heavy atom. The first-order chi connectivity index (χ1) is 9.26. The van der Waals surface area contributed by atoms with Crippen LogP contribution in [0.4, 0.5) is 5.82 Å². The van der Waals surface area contributed by atoms with Crippen LogP contribution in [0.3, 0.4) is 0 Å². The monoisotopic (exact) mass is 263 g/mol. The van der Waals surface area contributed by atoms with Crippen LogP contribution < -0.4 is 10.2 Å². The van der Waals surface area contributed by atoms with Crippen molar-refractivity contribution in [1.82, 2.24) is 10.3 Å².